The lowest BCUT2D eigenvalue weighted by molar-refractivity contribution is -0.0845. The van der Waals surface area contributed by atoms with Crippen molar-refractivity contribution in [2.24, 2.45) is 5.92 Å². The van der Waals surface area contributed by atoms with Crippen molar-refractivity contribution in [1.29, 1.82) is 0 Å². The molecular formula is C15H30N2O3S. The molecule has 21 heavy (non-hydrogen) atoms. The molecule has 2 aliphatic rings. The van der Waals surface area contributed by atoms with Gasteiger partial charge in [0.05, 0.1) is 11.9 Å². The molecule has 1 N–H and O–H groups in total. The standard InChI is InChI=1S/C15H30N2O3S/c1-16-14(11-15(20-2)7-5-8-15)10-13-6-4-9-17(12-13)21(3,18)19/h13-14,16H,4-12H2,1-3H3. The van der Waals surface area contributed by atoms with Crippen molar-refractivity contribution in [3.63, 3.8) is 0 Å². The van der Waals surface area contributed by atoms with E-state index in [0.717, 1.165) is 38.5 Å². The molecule has 1 aliphatic heterocycles. The summed E-state index contributed by atoms with van der Waals surface area (Å²) in [5, 5.41) is 3.41. The molecule has 0 amide bonds. The zero-order valence-electron chi connectivity index (χ0n) is 13.6. The van der Waals surface area contributed by atoms with Crippen molar-refractivity contribution in [1.82, 2.24) is 9.62 Å². The minimum atomic E-state index is -3.05. The lowest BCUT2D eigenvalue weighted by Crippen LogP contribution is -2.47. The number of sulfonamides is 1. The topological polar surface area (TPSA) is 58.6 Å². The van der Waals surface area contributed by atoms with Gasteiger partial charge in [-0.2, -0.15) is 0 Å². The SMILES string of the molecule is CNC(CC1CCCN(S(C)(=O)=O)C1)CC1(OC)CCC1. The van der Waals surface area contributed by atoms with Crippen LogP contribution < -0.4 is 5.32 Å². The van der Waals surface area contributed by atoms with E-state index in [0.29, 0.717) is 25.0 Å². The smallest absolute Gasteiger partial charge is 0.211 e. The second kappa shape index (κ2) is 6.94. The van der Waals surface area contributed by atoms with Crippen LogP contribution in [0.1, 0.15) is 44.9 Å². The Kier molecular flexibility index (Phi) is 5.68. The molecule has 0 aromatic carbocycles. The van der Waals surface area contributed by atoms with Gasteiger partial charge in [0.15, 0.2) is 0 Å². The van der Waals surface area contributed by atoms with E-state index in [9.17, 15) is 8.42 Å². The van der Waals surface area contributed by atoms with Crippen LogP contribution >= 0.6 is 0 Å². The molecule has 124 valence electrons. The van der Waals surface area contributed by atoms with Gasteiger partial charge in [0.2, 0.25) is 10.0 Å². The van der Waals surface area contributed by atoms with Gasteiger partial charge in [-0.1, -0.05) is 0 Å². The van der Waals surface area contributed by atoms with Crippen molar-refractivity contribution in [2.75, 3.05) is 33.5 Å². The number of hydrogen-bond acceptors (Lipinski definition) is 4. The Labute approximate surface area is 129 Å². The van der Waals surface area contributed by atoms with Crippen molar-refractivity contribution in [2.45, 2.75) is 56.6 Å². The van der Waals surface area contributed by atoms with Gasteiger partial charge in [-0.15, -0.1) is 0 Å². The minimum Gasteiger partial charge on any atom is -0.378 e. The second-order valence-electron chi connectivity index (χ2n) is 6.80. The monoisotopic (exact) mass is 318 g/mol. The van der Waals surface area contributed by atoms with E-state index in [2.05, 4.69) is 5.32 Å². The van der Waals surface area contributed by atoms with Crippen LogP contribution in [0, 0.1) is 5.92 Å². The molecule has 1 saturated carbocycles. The van der Waals surface area contributed by atoms with Crippen LogP contribution in [-0.4, -0.2) is 57.9 Å². The quantitative estimate of drug-likeness (QED) is 0.774. The van der Waals surface area contributed by atoms with Gasteiger partial charge in [-0.25, -0.2) is 12.7 Å². The molecule has 6 heteroatoms. The largest absolute Gasteiger partial charge is 0.378 e. The van der Waals surface area contributed by atoms with Crippen LogP contribution in [-0.2, 0) is 14.8 Å². The van der Waals surface area contributed by atoms with Crippen molar-refractivity contribution in [3.05, 3.63) is 0 Å². The number of methoxy groups -OCH3 is 1. The van der Waals surface area contributed by atoms with E-state index < -0.39 is 10.0 Å². The maximum atomic E-state index is 11.7. The highest BCUT2D eigenvalue weighted by atomic mass is 32.2. The first-order chi connectivity index (χ1) is 9.88. The van der Waals surface area contributed by atoms with E-state index in [1.165, 1.54) is 12.7 Å². The van der Waals surface area contributed by atoms with Crippen LogP contribution in [0.3, 0.4) is 0 Å². The highest BCUT2D eigenvalue weighted by Crippen LogP contribution is 2.40. The summed E-state index contributed by atoms with van der Waals surface area (Å²) < 4.78 is 30.8. The van der Waals surface area contributed by atoms with Gasteiger partial charge in [-0.05, 0) is 57.9 Å². The van der Waals surface area contributed by atoms with Gasteiger partial charge < -0.3 is 10.1 Å². The summed E-state index contributed by atoms with van der Waals surface area (Å²) in [5.41, 5.74) is 0.0683. The Morgan fingerprint density at radius 1 is 1.38 bits per heavy atom. The fourth-order valence-electron chi connectivity index (χ4n) is 3.74. The Balaban J connectivity index is 1.89. The minimum absolute atomic E-state index is 0.0683. The lowest BCUT2D eigenvalue weighted by atomic mass is 9.74. The van der Waals surface area contributed by atoms with E-state index in [1.807, 2.05) is 14.2 Å². The van der Waals surface area contributed by atoms with E-state index in [-0.39, 0.29) is 5.60 Å². The first kappa shape index (κ1) is 17.2. The highest BCUT2D eigenvalue weighted by molar-refractivity contribution is 7.88. The molecule has 2 fully saturated rings. The van der Waals surface area contributed by atoms with Gasteiger partial charge in [-0.3, -0.25) is 0 Å². The molecule has 0 aromatic rings. The second-order valence-corrected chi connectivity index (χ2v) is 8.78. The van der Waals surface area contributed by atoms with Gasteiger partial charge >= 0.3 is 0 Å². The summed E-state index contributed by atoms with van der Waals surface area (Å²) in [7, 11) is 0.775. The normalized spacial score (nSPS) is 28.0. The molecular weight excluding hydrogens is 288 g/mol. The van der Waals surface area contributed by atoms with Crippen LogP contribution in [0.2, 0.25) is 0 Å². The highest BCUT2D eigenvalue weighted by Gasteiger charge is 2.39. The number of piperidine rings is 1. The summed E-state index contributed by atoms with van der Waals surface area (Å²) in [6.07, 6.45) is 9.06. The van der Waals surface area contributed by atoms with Gasteiger partial charge in [0, 0.05) is 26.2 Å². The lowest BCUT2D eigenvalue weighted by Gasteiger charge is -2.43. The molecule has 5 nitrogen and oxygen atoms in total. The first-order valence-corrected chi connectivity index (χ1v) is 9.91. The summed E-state index contributed by atoms with van der Waals surface area (Å²) in [6, 6.07) is 0.412. The molecule has 2 rings (SSSR count). The predicted molar refractivity (Wildman–Crippen MR) is 84.8 cm³/mol. The molecule has 1 saturated heterocycles. The van der Waals surface area contributed by atoms with E-state index in [4.69, 9.17) is 4.74 Å². The summed E-state index contributed by atoms with van der Waals surface area (Å²) in [5.74, 6) is 0.458. The summed E-state index contributed by atoms with van der Waals surface area (Å²) in [6.45, 7) is 1.36. The zero-order valence-corrected chi connectivity index (χ0v) is 14.4. The maximum Gasteiger partial charge on any atom is 0.211 e. The Hall–Kier alpha value is -0.170. The van der Waals surface area contributed by atoms with E-state index in [1.54, 1.807) is 4.31 Å². The zero-order chi connectivity index (χ0) is 15.5. The van der Waals surface area contributed by atoms with Crippen LogP contribution in [0.5, 0.6) is 0 Å². The van der Waals surface area contributed by atoms with Crippen LogP contribution in [0.25, 0.3) is 0 Å². The first-order valence-electron chi connectivity index (χ1n) is 8.06. The van der Waals surface area contributed by atoms with Crippen LogP contribution in [0.4, 0.5) is 0 Å². The van der Waals surface area contributed by atoms with Crippen molar-refractivity contribution >= 4 is 10.0 Å². The predicted octanol–water partition coefficient (Wildman–Crippen LogP) is 1.60. The molecule has 0 aromatic heterocycles. The number of nitrogens with one attached hydrogen (secondary N) is 1. The Morgan fingerprint density at radius 3 is 2.57 bits per heavy atom. The van der Waals surface area contributed by atoms with Crippen LogP contribution in [0.15, 0.2) is 0 Å². The Morgan fingerprint density at radius 2 is 2.10 bits per heavy atom. The average Bonchev–Trinajstić information content (AvgIpc) is 2.41. The van der Waals surface area contributed by atoms with Gasteiger partial charge in [0.25, 0.3) is 0 Å². The average molecular weight is 318 g/mol. The van der Waals surface area contributed by atoms with Crippen molar-refractivity contribution < 1.29 is 13.2 Å². The molecule has 0 radical (unpaired) electrons. The fraction of sp³-hybridized carbons (Fsp3) is 1.00. The molecule has 0 bridgehead atoms. The third-order valence-corrected chi connectivity index (χ3v) is 6.56. The molecule has 2 atom stereocenters. The van der Waals surface area contributed by atoms with E-state index >= 15 is 0 Å². The van der Waals surface area contributed by atoms with Gasteiger partial charge in [0.1, 0.15) is 0 Å². The third-order valence-electron chi connectivity index (χ3n) is 5.29. The number of nitrogens with zero attached hydrogens (tertiary/aromatic N) is 1. The summed E-state index contributed by atoms with van der Waals surface area (Å²) in [4.78, 5) is 0. The fourth-order valence-corrected chi connectivity index (χ4v) is 4.68. The molecule has 0 spiro atoms. The molecule has 2 unspecified atom stereocenters. The number of rotatable bonds is 7. The summed E-state index contributed by atoms with van der Waals surface area (Å²) >= 11 is 0. The molecule has 1 heterocycles. The molecule has 1 aliphatic carbocycles. The number of ether oxygens (including phenoxy) is 1. The third kappa shape index (κ3) is 4.41. The maximum absolute atomic E-state index is 11.7. The Bertz CT molecular complexity index is 429. The number of hydrogen-bond donors (Lipinski definition) is 1. The van der Waals surface area contributed by atoms with Crippen molar-refractivity contribution in [3.8, 4) is 0 Å².